The van der Waals surface area contributed by atoms with Crippen molar-refractivity contribution in [1.82, 2.24) is 10.3 Å². The summed E-state index contributed by atoms with van der Waals surface area (Å²) < 4.78 is 25.7. The van der Waals surface area contributed by atoms with Gasteiger partial charge in [-0.25, -0.2) is 14.0 Å². The summed E-state index contributed by atoms with van der Waals surface area (Å²) in [7, 11) is 1.24. The van der Waals surface area contributed by atoms with Crippen molar-refractivity contribution in [2.24, 2.45) is 4.99 Å². The van der Waals surface area contributed by atoms with Gasteiger partial charge >= 0.3 is 12.1 Å². The molecule has 0 spiro atoms. The van der Waals surface area contributed by atoms with Gasteiger partial charge in [-0.15, -0.1) is 0 Å². The number of para-hydroxylation sites is 1. The number of nitrogens with zero attached hydrogens (tertiary/aromatic N) is 2. The second kappa shape index (κ2) is 10.8. The van der Waals surface area contributed by atoms with Crippen molar-refractivity contribution in [3.8, 4) is 0 Å². The molecule has 196 valence electrons. The third-order valence-corrected chi connectivity index (χ3v) is 5.64. The van der Waals surface area contributed by atoms with Crippen LogP contribution in [0.4, 0.5) is 14.9 Å². The Morgan fingerprint density at radius 2 is 1.76 bits per heavy atom. The summed E-state index contributed by atoms with van der Waals surface area (Å²) >= 11 is 0. The number of nitrogens with one attached hydrogen (secondary N) is 2. The third-order valence-electron chi connectivity index (χ3n) is 5.64. The Bertz CT molecular complexity index is 1420. The van der Waals surface area contributed by atoms with E-state index in [9.17, 15) is 14.4 Å². The fourth-order valence-corrected chi connectivity index (χ4v) is 4.09. The topological polar surface area (TPSA) is 119 Å². The van der Waals surface area contributed by atoms with Gasteiger partial charge in [0.1, 0.15) is 11.4 Å². The first-order chi connectivity index (χ1) is 18.1. The van der Waals surface area contributed by atoms with Gasteiger partial charge in [-0.1, -0.05) is 36.4 Å². The molecule has 0 radical (unpaired) electrons. The lowest BCUT2D eigenvalue weighted by molar-refractivity contribution is -0.118. The van der Waals surface area contributed by atoms with E-state index < -0.39 is 41.5 Å². The van der Waals surface area contributed by atoms with Crippen LogP contribution in [-0.4, -0.2) is 47.5 Å². The standard InChI is InChI=1S/C28H27FN4O5/c1-28(2,3)38-27(36)33-24-25(34)31-20-14-8-6-11-17(20)23(32-24)21(16-10-5-7-13-19(16)29)22-18(26(35)37-4)12-9-15-30-22/h5-15,21,24H,1-4H3,(H,31,34)(H,33,36)/t21?,24-/m1/s1. The number of aromatic nitrogens is 1. The number of benzodiazepines with no additional fused rings is 1. The summed E-state index contributed by atoms with van der Waals surface area (Å²) in [5, 5.41) is 5.25. The number of amides is 2. The summed E-state index contributed by atoms with van der Waals surface area (Å²) in [4.78, 5) is 47.5. The van der Waals surface area contributed by atoms with E-state index in [2.05, 4.69) is 20.6 Å². The number of pyridine rings is 1. The number of hydrogen-bond donors (Lipinski definition) is 2. The summed E-state index contributed by atoms with van der Waals surface area (Å²) in [6.07, 6.45) is -0.812. The largest absolute Gasteiger partial charge is 0.465 e. The highest BCUT2D eigenvalue weighted by atomic mass is 19.1. The van der Waals surface area contributed by atoms with Gasteiger partial charge in [-0.3, -0.25) is 20.1 Å². The zero-order chi connectivity index (χ0) is 27.4. The van der Waals surface area contributed by atoms with Crippen LogP contribution in [0.3, 0.4) is 0 Å². The van der Waals surface area contributed by atoms with Crippen molar-refractivity contribution < 1.29 is 28.2 Å². The predicted octanol–water partition coefficient (Wildman–Crippen LogP) is 4.43. The molecule has 10 heteroatoms. The van der Waals surface area contributed by atoms with Gasteiger partial charge in [0.05, 0.1) is 30.0 Å². The Labute approximate surface area is 219 Å². The molecule has 2 atom stereocenters. The normalized spacial score (nSPS) is 15.8. The van der Waals surface area contributed by atoms with Gasteiger partial charge in [0.25, 0.3) is 5.91 Å². The molecule has 2 amide bonds. The first kappa shape index (κ1) is 26.5. The van der Waals surface area contributed by atoms with Gasteiger partial charge in [-0.05, 0) is 45.0 Å². The molecule has 3 aromatic rings. The number of carbonyl (C=O) groups excluding carboxylic acids is 3. The number of ether oxygens (including phenoxy) is 2. The van der Waals surface area contributed by atoms with Gasteiger partial charge in [0.2, 0.25) is 6.17 Å². The maximum Gasteiger partial charge on any atom is 0.409 e. The number of benzene rings is 2. The molecule has 0 fully saturated rings. The zero-order valence-electron chi connectivity index (χ0n) is 21.3. The van der Waals surface area contributed by atoms with Crippen LogP contribution in [0.1, 0.15) is 53.9 Å². The minimum atomic E-state index is -1.42. The van der Waals surface area contributed by atoms with Crippen LogP contribution in [-0.2, 0) is 14.3 Å². The quantitative estimate of drug-likeness (QED) is 0.483. The van der Waals surface area contributed by atoms with E-state index in [0.29, 0.717) is 11.3 Å². The molecule has 4 rings (SSSR count). The van der Waals surface area contributed by atoms with Crippen LogP contribution < -0.4 is 10.6 Å². The highest BCUT2D eigenvalue weighted by Crippen LogP contribution is 2.35. The maximum atomic E-state index is 15.4. The Balaban J connectivity index is 1.97. The van der Waals surface area contributed by atoms with E-state index >= 15 is 4.39 Å². The van der Waals surface area contributed by atoms with Crippen LogP contribution in [0.2, 0.25) is 0 Å². The average Bonchev–Trinajstić information content (AvgIpc) is 3.00. The average molecular weight is 519 g/mol. The number of fused-ring (bicyclic) bond motifs is 1. The molecule has 2 heterocycles. The highest BCUT2D eigenvalue weighted by Gasteiger charge is 2.35. The molecule has 9 nitrogen and oxygen atoms in total. The second-order valence-electron chi connectivity index (χ2n) is 9.48. The molecular formula is C28H27FN4O5. The number of rotatable bonds is 5. The van der Waals surface area contributed by atoms with Crippen LogP contribution in [0.25, 0.3) is 0 Å². The molecule has 1 aliphatic heterocycles. The minimum Gasteiger partial charge on any atom is -0.465 e. The van der Waals surface area contributed by atoms with Crippen LogP contribution in [0, 0.1) is 5.82 Å². The van der Waals surface area contributed by atoms with Crippen molar-refractivity contribution in [2.75, 3.05) is 12.4 Å². The number of methoxy groups -OCH3 is 1. The number of esters is 1. The highest BCUT2D eigenvalue weighted by molar-refractivity contribution is 6.16. The lowest BCUT2D eigenvalue weighted by Crippen LogP contribution is -2.44. The van der Waals surface area contributed by atoms with Crippen molar-refractivity contribution in [3.63, 3.8) is 0 Å². The van der Waals surface area contributed by atoms with Gasteiger partial charge in [0.15, 0.2) is 0 Å². The molecule has 1 aromatic heterocycles. The first-order valence-corrected chi connectivity index (χ1v) is 11.8. The molecule has 1 unspecified atom stereocenters. The molecular weight excluding hydrogens is 491 g/mol. The minimum absolute atomic E-state index is 0.101. The smallest absolute Gasteiger partial charge is 0.409 e. The summed E-state index contributed by atoms with van der Waals surface area (Å²) in [5.41, 5.74) is 0.668. The van der Waals surface area contributed by atoms with E-state index in [1.165, 1.54) is 31.5 Å². The Hall–Kier alpha value is -4.60. The van der Waals surface area contributed by atoms with Gasteiger partial charge in [-0.2, -0.15) is 0 Å². The summed E-state index contributed by atoms with van der Waals surface area (Å²) in [5.74, 6) is -2.92. The molecule has 0 saturated carbocycles. The van der Waals surface area contributed by atoms with E-state index in [4.69, 9.17) is 9.47 Å². The SMILES string of the molecule is COC(=O)c1cccnc1C(C1=N[C@H](NC(=O)OC(C)(C)C)C(=O)Nc2ccccc21)c1ccccc1F. The number of hydrogen-bond acceptors (Lipinski definition) is 7. The van der Waals surface area contributed by atoms with E-state index in [-0.39, 0.29) is 22.5 Å². The number of anilines is 1. The van der Waals surface area contributed by atoms with Crippen LogP contribution >= 0.6 is 0 Å². The number of aliphatic imine (C=N–C) groups is 1. The van der Waals surface area contributed by atoms with Gasteiger partial charge < -0.3 is 14.8 Å². The van der Waals surface area contributed by atoms with Gasteiger partial charge in [0, 0.05) is 23.0 Å². The molecule has 1 aliphatic rings. The fourth-order valence-electron chi connectivity index (χ4n) is 4.09. The lowest BCUT2D eigenvalue weighted by Gasteiger charge is -2.24. The molecule has 38 heavy (non-hydrogen) atoms. The number of alkyl carbamates (subject to hydrolysis) is 1. The monoisotopic (exact) mass is 518 g/mol. The zero-order valence-corrected chi connectivity index (χ0v) is 21.3. The van der Waals surface area contributed by atoms with E-state index in [1.807, 2.05) is 0 Å². The first-order valence-electron chi connectivity index (χ1n) is 11.8. The number of carbonyl (C=O) groups is 3. The predicted molar refractivity (Wildman–Crippen MR) is 139 cm³/mol. The van der Waals surface area contributed by atoms with E-state index in [1.54, 1.807) is 63.2 Å². The second-order valence-corrected chi connectivity index (χ2v) is 9.48. The van der Waals surface area contributed by atoms with Crippen molar-refractivity contribution in [2.45, 2.75) is 38.5 Å². The Morgan fingerprint density at radius 3 is 2.47 bits per heavy atom. The summed E-state index contributed by atoms with van der Waals surface area (Å²) in [6, 6.07) is 15.9. The Kier molecular flexibility index (Phi) is 7.52. The summed E-state index contributed by atoms with van der Waals surface area (Å²) in [6.45, 7) is 5.07. The maximum absolute atomic E-state index is 15.4. The van der Waals surface area contributed by atoms with Crippen LogP contribution in [0.5, 0.6) is 0 Å². The van der Waals surface area contributed by atoms with Crippen molar-refractivity contribution in [1.29, 1.82) is 0 Å². The lowest BCUT2D eigenvalue weighted by atomic mass is 9.84. The number of halogens is 1. The molecule has 2 N–H and O–H groups in total. The molecule has 0 bridgehead atoms. The fraction of sp³-hybridized carbons (Fsp3) is 0.250. The van der Waals surface area contributed by atoms with E-state index in [0.717, 1.165) is 0 Å². The van der Waals surface area contributed by atoms with Crippen molar-refractivity contribution >= 4 is 29.4 Å². The molecule has 0 aliphatic carbocycles. The Morgan fingerprint density at radius 1 is 1.05 bits per heavy atom. The van der Waals surface area contributed by atoms with Crippen LogP contribution in [0.15, 0.2) is 71.9 Å². The van der Waals surface area contributed by atoms with Crippen molar-refractivity contribution in [3.05, 3.63) is 95.1 Å². The molecule has 2 aromatic carbocycles. The third kappa shape index (κ3) is 5.69. The molecule has 0 saturated heterocycles.